The Morgan fingerprint density at radius 2 is 1.90 bits per heavy atom. The fourth-order valence-electron chi connectivity index (χ4n) is 4.02. The van der Waals surface area contributed by atoms with Crippen molar-refractivity contribution in [3.63, 3.8) is 0 Å². The van der Waals surface area contributed by atoms with Crippen LogP contribution >= 0.6 is 0 Å². The third-order valence-corrected chi connectivity index (χ3v) is 5.18. The van der Waals surface area contributed by atoms with Gasteiger partial charge in [0.1, 0.15) is 5.82 Å². The monoisotopic (exact) mass is 289 g/mol. The van der Waals surface area contributed by atoms with E-state index in [1.807, 2.05) is 4.90 Å². The molecule has 0 aromatic heterocycles. The van der Waals surface area contributed by atoms with Crippen molar-refractivity contribution < 1.29 is 9.18 Å². The van der Waals surface area contributed by atoms with Crippen molar-refractivity contribution in [2.24, 2.45) is 5.92 Å². The van der Waals surface area contributed by atoms with Crippen molar-refractivity contribution in [1.82, 2.24) is 4.90 Å². The topological polar surface area (TPSA) is 20.3 Å². The lowest BCUT2D eigenvalue weighted by atomic mass is 9.83. The van der Waals surface area contributed by atoms with E-state index in [0.29, 0.717) is 17.5 Å². The van der Waals surface area contributed by atoms with E-state index in [1.165, 1.54) is 32.1 Å². The normalized spacial score (nSPS) is 23.5. The largest absolute Gasteiger partial charge is 0.335 e. The van der Waals surface area contributed by atoms with Crippen LogP contribution < -0.4 is 0 Å². The Morgan fingerprint density at radius 1 is 1.14 bits per heavy atom. The zero-order chi connectivity index (χ0) is 14.8. The van der Waals surface area contributed by atoms with Crippen LogP contribution in [0.3, 0.4) is 0 Å². The molecule has 1 aromatic carbocycles. The van der Waals surface area contributed by atoms with E-state index < -0.39 is 0 Å². The van der Waals surface area contributed by atoms with Crippen molar-refractivity contribution in [2.75, 3.05) is 6.54 Å². The second-order valence-electron chi connectivity index (χ2n) is 6.54. The average Bonchev–Trinajstić information content (AvgIpc) is 3.00. The zero-order valence-corrected chi connectivity index (χ0v) is 12.8. The smallest absolute Gasteiger partial charge is 0.257 e. The Morgan fingerprint density at radius 3 is 2.67 bits per heavy atom. The van der Waals surface area contributed by atoms with Crippen molar-refractivity contribution in [3.05, 3.63) is 35.1 Å². The number of benzene rings is 1. The van der Waals surface area contributed by atoms with Crippen molar-refractivity contribution in [3.8, 4) is 0 Å². The summed E-state index contributed by atoms with van der Waals surface area (Å²) in [7, 11) is 0. The molecule has 1 aliphatic heterocycles. The minimum Gasteiger partial charge on any atom is -0.335 e. The van der Waals surface area contributed by atoms with Crippen LogP contribution in [0.15, 0.2) is 18.2 Å². The van der Waals surface area contributed by atoms with E-state index in [2.05, 4.69) is 0 Å². The van der Waals surface area contributed by atoms with Gasteiger partial charge in [0.05, 0.1) is 5.56 Å². The molecule has 1 unspecified atom stereocenters. The van der Waals surface area contributed by atoms with E-state index in [1.54, 1.807) is 25.1 Å². The summed E-state index contributed by atoms with van der Waals surface area (Å²) in [5.74, 6) is 0.166. The molecular weight excluding hydrogens is 265 g/mol. The highest BCUT2D eigenvalue weighted by Gasteiger charge is 2.36. The predicted molar refractivity (Wildman–Crippen MR) is 81.8 cm³/mol. The molecule has 21 heavy (non-hydrogen) atoms. The second-order valence-corrected chi connectivity index (χ2v) is 6.54. The van der Waals surface area contributed by atoms with Gasteiger partial charge in [0.15, 0.2) is 0 Å². The third kappa shape index (κ3) is 2.83. The van der Waals surface area contributed by atoms with Gasteiger partial charge < -0.3 is 4.90 Å². The molecule has 0 radical (unpaired) electrons. The van der Waals surface area contributed by atoms with E-state index in [0.717, 1.165) is 19.4 Å². The Kier molecular flexibility index (Phi) is 4.27. The summed E-state index contributed by atoms with van der Waals surface area (Å²) in [6, 6.07) is 5.45. The number of likely N-dealkylation sites (tertiary alicyclic amines) is 1. The Balaban J connectivity index is 1.81. The van der Waals surface area contributed by atoms with Gasteiger partial charge in [-0.15, -0.1) is 0 Å². The van der Waals surface area contributed by atoms with Crippen molar-refractivity contribution >= 4 is 5.91 Å². The molecule has 3 heteroatoms. The number of carbonyl (C=O) groups is 1. The summed E-state index contributed by atoms with van der Waals surface area (Å²) in [4.78, 5) is 14.7. The molecule has 3 rings (SSSR count). The predicted octanol–water partition coefficient (Wildman–Crippen LogP) is 4.32. The molecule has 114 valence electrons. The summed E-state index contributed by atoms with van der Waals surface area (Å²) in [6.45, 7) is 2.50. The number of amides is 1. The molecule has 1 heterocycles. The van der Waals surface area contributed by atoms with Gasteiger partial charge in [-0.05, 0) is 50.2 Å². The Bertz CT molecular complexity index is 522. The summed E-state index contributed by atoms with van der Waals surface area (Å²) < 4.78 is 14.2. The third-order valence-electron chi connectivity index (χ3n) is 5.18. The summed E-state index contributed by atoms with van der Waals surface area (Å²) >= 11 is 0. The second kappa shape index (κ2) is 6.17. The minimum atomic E-state index is -0.350. The van der Waals surface area contributed by atoms with Crippen LogP contribution in [-0.2, 0) is 0 Å². The van der Waals surface area contributed by atoms with Gasteiger partial charge >= 0.3 is 0 Å². The number of aryl methyl sites for hydroxylation is 1. The number of hydrogen-bond acceptors (Lipinski definition) is 1. The fourth-order valence-corrected chi connectivity index (χ4v) is 4.02. The van der Waals surface area contributed by atoms with E-state index >= 15 is 0 Å². The van der Waals surface area contributed by atoms with E-state index in [-0.39, 0.29) is 17.3 Å². The van der Waals surface area contributed by atoms with Gasteiger partial charge in [-0.2, -0.15) is 0 Å². The molecule has 1 saturated carbocycles. The molecule has 2 nitrogen and oxygen atoms in total. The molecule has 1 aromatic rings. The number of rotatable bonds is 2. The molecule has 1 aliphatic carbocycles. The molecule has 0 bridgehead atoms. The van der Waals surface area contributed by atoms with Crippen LogP contribution in [0, 0.1) is 18.7 Å². The van der Waals surface area contributed by atoms with Gasteiger partial charge in [0.2, 0.25) is 0 Å². The molecule has 1 saturated heterocycles. The minimum absolute atomic E-state index is 0.107. The first kappa shape index (κ1) is 14.6. The number of hydrogen-bond donors (Lipinski definition) is 0. The summed E-state index contributed by atoms with van der Waals surface area (Å²) in [5, 5.41) is 0. The van der Waals surface area contributed by atoms with Crippen LogP contribution in [-0.4, -0.2) is 23.4 Å². The maximum absolute atomic E-state index is 14.2. The first-order valence-electron chi connectivity index (χ1n) is 8.24. The molecular formula is C18H24FNO. The molecule has 2 fully saturated rings. The Labute approximate surface area is 126 Å². The van der Waals surface area contributed by atoms with Crippen molar-refractivity contribution in [2.45, 2.75) is 57.9 Å². The zero-order valence-electron chi connectivity index (χ0n) is 12.8. The summed E-state index contributed by atoms with van der Waals surface area (Å²) in [6.07, 6.45) is 8.48. The van der Waals surface area contributed by atoms with Crippen LogP contribution in [0.1, 0.15) is 60.9 Å². The van der Waals surface area contributed by atoms with Crippen molar-refractivity contribution in [1.29, 1.82) is 0 Å². The maximum Gasteiger partial charge on any atom is 0.257 e. The fraction of sp³-hybridized carbons (Fsp3) is 0.611. The molecule has 0 N–H and O–H groups in total. The average molecular weight is 289 g/mol. The number of halogens is 1. The lowest BCUT2D eigenvalue weighted by Crippen LogP contribution is -2.41. The highest BCUT2D eigenvalue weighted by atomic mass is 19.1. The SMILES string of the molecule is Cc1cccc(C(=O)N2CCCC2C2CCCCC2)c1F. The van der Waals surface area contributed by atoms with Gasteiger partial charge in [-0.3, -0.25) is 4.79 Å². The lowest BCUT2D eigenvalue weighted by Gasteiger charge is -2.34. The number of carbonyl (C=O) groups excluding carboxylic acids is 1. The van der Waals surface area contributed by atoms with Crippen LogP contribution in [0.2, 0.25) is 0 Å². The van der Waals surface area contributed by atoms with Gasteiger partial charge in [-0.1, -0.05) is 31.4 Å². The van der Waals surface area contributed by atoms with Gasteiger partial charge in [0.25, 0.3) is 5.91 Å². The van der Waals surface area contributed by atoms with Gasteiger partial charge in [-0.25, -0.2) is 4.39 Å². The van der Waals surface area contributed by atoms with Crippen LogP contribution in [0.5, 0.6) is 0 Å². The maximum atomic E-state index is 14.2. The van der Waals surface area contributed by atoms with Crippen LogP contribution in [0.4, 0.5) is 4.39 Å². The Hall–Kier alpha value is -1.38. The molecule has 1 amide bonds. The molecule has 1 atom stereocenters. The van der Waals surface area contributed by atoms with E-state index in [4.69, 9.17) is 0 Å². The summed E-state index contributed by atoms with van der Waals surface area (Å²) in [5.41, 5.74) is 0.798. The highest BCUT2D eigenvalue weighted by molar-refractivity contribution is 5.95. The first-order valence-corrected chi connectivity index (χ1v) is 8.24. The molecule has 0 spiro atoms. The van der Waals surface area contributed by atoms with Gasteiger partial charge in [0, 0.05) is 12.6 Å². The van der Waals surface area contributed by atoms with Crippen LogP contribution in [0.25, 0.3) is 0 Å². The van der Waals surface area contributed by atoms with E-state index in [9.17, 15) is 9.18 Å². The lowest BCUT2D eigenvalue weighted by molar-refractivity contribution is 0.0656. The standard InChI is InChI=1S/C18H24FNO/c1-13-7-5-10-15(17(13)19)18(21)20-12-6-11-16(20)14-8-3-2-4-9-14/h5,7,10,14,16H,2-4,6,8-9,11-12H2,1H3. The first-order chi connectivity index (χ1) is 10.2. The molecule has 2 aliphatic rings. The quantitative estimate of drug-likeness (QED) is 0.794. The highest BCUT2D eigenvalue weighted by Crippen LogP contribution is 2.35. The number of nitrogens with zero attached hydrogens (tertiary/aromatic N) is 1.